The molecule has 40 heavy (non-hydrogen) atoms. The van der Waals surface area contributed by atoms with Crippen molar-refractivity contribution in [2.24, 2.45) is 13.0 Å². The van der Waals surface area contributed by atoms with E-state index in [1.165, 1.54) is 77.8 Å². The first kappa shape index (κ1) is 24.5. The van der Waals surface area contributed by atoms with Crippen molar-refractivity contribution in [3.05, 3.63) is 126 Å². The highest BCUT2D eigenvalue weighted by Gasteiger charge is 2.25. The highest BCUT2D eigenvalue weighted by Crippen LogP contribution is 2.48. The summed E-state index contributed by atoms with van der Waals surface area (Å²) in [6.45, 7) is 6.89. The van der Waals surface area contributed by atoms with Crippen LogP contribution in [0.3, 0.4) is 0 Å². The zero-order valence-electron chi connectivity index (χ0n) is 23.7. The molecule has 0 atom stereocenters. The van der Waals surface area contributed by atoms with E-state index >= 15 is 0 Å². The summed E-state index contributed by atoms with van der Waals surface area (Å²) in [4.78, 5) is 0. The first-order valence-electron chi connectivity index (χ1n) is 14.4. The lowest BCUT2D eigenvalue weighted by Gasteiger charge is -2.24. The molecule has 194 valence electrons. The van der Waals surface area contributed by atoms with Crippen LogP contribution in [0.5, 0.6) is 0 Å². The molecule has 6 aromatic rings. The Labute approximate surface area is 237 Å². The minimum Gasteiger partial charge on any atom is -0.194 e. The predicted octanol–water partition coefficient (Wildman–Crippen LogP) is 9.82. The Morgan fingerprint density at radius 3 is 1.50 bits per heavy atom. The molecule has 1 nitrogen and oxygen atoms in total. The van der Waals surface area contributed by atoms with Crippen LogP contribution in [0.25, 0.3) is 66.7 Å². The van der Waals surface area contributed by atoms with Crippen LogP contribution in [-0.4, -0.2) is 0 Å². The van der Waals surface area contributed by atoms with E-state index < -0.39 is 0 Å². The average molecular weight is 517 g/mol. The third kappa shape index (κ3) is 3.88. The molecule has 1 heteroatoms. The third-order valence-corrected chi connectivity index (χ3v) is 8.49. The lowest BCUT2D eigenvalue weighted by atomic mass is 9.79. The maximum Gasteiger partial charge on any atom is 0.213 e. The zero-order valence-corrected chi connectivity index (χ0v) is 23.7. The topological polar surface area (TPSA) is 3.88 Å². The largest absolute Gasteiger partial charge is 0.213 e. The number of hydrogen-bond acceptors (Lipinski definition) is 0. The number of pyridine rings is 1. The maximum atomic E-state index is 2.46. The number of nitrogens with zero attached hydrogens (tertiary/aromatic N) is 1. The van der Waals surface area contributed by atoms with E-state index in [-0.39, 0.29) is 0 Å². The fourth-order valence-electron chi connectivity index (χ4n) is 6.66. The van der Waals surface area contributed by atoms with Gasteiger partial charge < -0.3 is 0 Å². The second-order valence-corrected chi connectivity index (χ2v) is 11.6. The highest BCUT2D eigenvalue weighted by molar-refractivity contribution is 6.04. The summed E-state index contributed by atoms with van der Waals surface area (Å²) in [6, 6.07) is 42.8. The summed E-state index contributed by atoms with van der Waals surface area (Å²) in [5, 5.41) is 1.35. The molecule has 1 aliphatic carbocycles. The Morgan fingerprint density at radius 2 is 0.975 bits per heavy atom. The second kappa shape index (κ2) is 9.61. The summed E-state index contributed by atoms with van der Waals surface area (Å²) in [6.07, 6.45) is 1.06. The molecule has 0 N–H and O–H groups in total. The third-order valence-electron chi connectivity index (χ3n) is 8.49. The molecule has 0 spiro atoms. The Balaban J connectivity index is 1.56. The van der Waals surface area contributed by atoms with Gasteiger partial charge in [0.2, 0.25) is 11.2 Å². The molecular weight excluding hydrogens is 482 g/mol. The van der Waals surface area contributed by atoms with Gasteiger partial charge in [-0.3, -0.25) is 0 Å². The fraction of sp³-hybridized carbons (Fsp3) is 0.154. The first-order valence-corrected chi connectivity index (χ1v) is 14.4. The molecule has 1 aromatic heterocycles. The lowest BCUT2D eigenvalue weighted by Crippen LogP contribution is -2.33. The molecule has 0 saturated carbocycles. The fourth-order valence-corrected chi connectivity index (χ4v) is 6.66. The number of hydrogen-bond donors (Lipinski definition) is 0. The minimum absolute atomic E-state index is 0.587. The van der Waals surface area contributed by atoms with Crippen molar-refractivity contribution in [3.63, 3.8) is 0 Å². The molecule has 0 saturated heterocycles. The van der Waals surface area contributed by atoms with Gasteiger partial charge in [0.05, 0.1) is 0 Å². The van der Waals surface area contributed by atoms with Gasteiger partial charge in [0.25, 0.3) is 0 Å². The monoisotopic (exact) mass is 516 g/mol. The number of rotatable bonds is 3. The molecule has 7 rings (SSSR count). The average Bonchev–Trinajstić information content (AvgIpc) is 2.98. The normalized spacial score (nSPS) is 11.8. The summed E-state index contributed by atoms with van der Waals surface area (Å²) >= 11 is 0. The van der Waals surface area contributed by atoms with Crippen LogP contribution < -0.4 is 4.57 Å². The quantitative estimate of drug-likeness (QED) is 0.206. The SMILES string of the molecule is Cc1cc2c(cc1-c1cc(CC(C)C)c3ccccc3[n+]1C)-c1ccccc1-c1ccccc1-c1ccccc1-2. The predicted molar refractivity (Wildman–Crippen MR) is 169 cm³/mol. The van der Waals surface area contributed by atoms with Gasteiger partial charge in [-0.05, 0) is 93.1 Å². The second-order valence-electron chi connectivity index (χ2n) is 11.6. The Bertz CT molecular complexity index is 1920. The Hall–Kier alpha value is -4.49. The van der Waals surface area contributed by atoms with Gasteiger partial charge >= 0.3 is 0 Å². The van der Waals surface area contributed by atoms with Gasteiger partial charge in [-0.2, -0.15) is 4.57 Å². The van der Waals surface area contributed by atoms with Crippen molar-refractivity contribution in [2.45, 2.75) is 27.2 Å². The first-order chi connectivity index (χ1) is 19.5. The molecule has 5 aromatic carbocycles. The van der Waals surface area contributed by atoms with Crippen molar-refractivity contribution in [1.82, 2.24) is 0 Å². The Morgan fingerprint density at radius 1 is 0.525 bits per heavy atom. The van der Waals surface area contributed by atoms with Gasteiger partial charge in [-0.1, -0.05) is 98.8 Å². The van der Waals surface area contributed by atoms with Crippen LogP contribution in [-0.2, 0) is 13.5 Å². The summed E-state index contributed by atoms with van der Waals surface area (Å²) in [5.74, 6) is 0.587. The van der Waals surface area contributed by atoms with Crippen LogP contribution in [0.4, 0.5) is 0 Å². The van der Waals surface area contributed by atoms with Crippen molar-refractivity contribution in [1.29, 1.82) is 0 Å². The van der Waals surface area contributed by atoms with Crippen molar-refractivity contribution < 1.29 is 4.57 Å². The van der Waals surface area contributed by atoms with Gasteiger partial charge in [0.1, 0.15) is 7.05 Å². The van der Waals surface area contributed by atoms with Gasteiger partial charge in [-0.15, -0.1) is 0 Å². The lowest BCUT2D eigenvalue weighted by molar-refractivity contribution is -0.633. The van der Waals surface area contributed by atoms with E-state index in [2.05, 4.69) is 148 Å². The molecule has 0 bridgehead atoms. The van der Waals surface area contributed by atoms with Crippen LogP contribution in [0.2, 0.25) is 0 Å². The molecule has 0 aliphatic heterocycles. The van der Waals surface area contributed by atoms with E-state index in [1.54, 1.807) is 0 Å². The maximum absolute atomic E-state index is 2.46. The van der Waals surface area contributed by atoms with Crippen LogP contribution in [0, 0.1) is 12.8 Å². The molecular formula is C39H34N+. The highest BCUT2D eigenvalue weighted by atomic mass is 14.9. The molecule has 1 aliphatic rings. The zero-order chi connectivity index (χ0) is 27.4. The Kier molecular flexibility index (Phi) is 5.90. The van der Waals surface area contributed by atoms with E-state index in [0.717, 1.165) is 6.42 Å². The van der Waals surface area contributed by atoms with Gasteiger partial charge in [-0.25, -0.2) is 0 Å². The number of fused-ring (bicyclic) bond motifs is 9. The van der Waals surface area contributed by atoms with E-state index in [1.807, 2.05) is 0 Å². The van der Waals surface area contributed by atoms with E-state index in [0.29, 0.717) is 5.92 Å². The van der Waals surface area contributed by atoms with Gasteiger partial charge in [0.15, 0.2) is 0 Å². The molecule has 0 radical (unpaired) electrons. The van der Waals surface area contributed by atoms with Crippen molar-refractivity contribution in [2.75, 3.05) is 0 Å². The summed E-state index contributed by atoms with van der Waals surface area (Å²) in [7, 11) is 2.21. The summed E-state index contributed by atoms with van der Waals surface area (Å²) in [5.41, 5.74) is 16.9. The van der Waals surface area contributed by atoms with Crippen molar-refractivity contribution in [3.8, 4) is 55.8 Å². The summed E-state index contributed by atoms with van der Waals surface area (Å²) < 4.78 is 2.38. The number of aromatic nitrogens is 1. The minimum atomic E-state index is 0.587. The molecule has 0 unspecified atom stereocenters. The van der Waals surface area contributed by atoms with E-state index in [4.69, 9.17) is 0 Å². The number of aryl methyl sites for hydroxylation is 2. The smallest absolute Gasteiger partial charge is 0.194 e. The van der Waals surface area contributed by atoms with Crippen molar-refractivity contribution >= 4 is 10.9 Å². The molecule has 0 amide bonds. The number of benzene rings is 5. The van der Waals surface area contributed by atoms with Crippen LogP contribution >= 0.6 is 0 Å². The standard InChI is InChI=1S/C39H34N/c1-25(2)21-27-23-39(40(4)38-20-12-11-13-28(27)38)35-24-37-34-19-10-8-17-32(34)30-15-6-5-14-29(30)31-16-7-9-18-33(31)36(37)22-26(35)3/h5-20,22-25H,21H2,1-4H3/q+1. The van der Waals surface area contributed by atoms with Crippen LogP contribution in [0.1, 0.15) is 25.0 Å². The molecule has 0 fully saturated rings. The van der Waals surface area contributed by atoms with Crippen LogP contribution in [0.15, 0.2) is 115 Å². The number of para-hydroxylation sites is 1. The van der Waals surface area contributed by atoms with E-state index in [9.17, 15) is 0 Å². The van der Waals surface area contributed by atoms with Gasteiger partial charge in [0, 0.05) is 23.1 Å². The molecule has 1 heterocycles.